The van der Waals surface area contributed by atoms with Gasteiger partial charge in [0.05, 0.1) is 23.6 Å². The second-order valence-corrected chi connectivity index (χ2v) is 5.96. The predicted molar refractivity (Wildman–Crippen MR) is 81.5 cm³/mol. The number of nitrogens with zero attached hydrogens (tertiary/aromatic N) is 1. The summed E-state index contributed by atoms with van der Waals surface area (Å²) in [5.41, 5.74) is 0.654. The summed E-state index contributed by atoms with van der Waals surface area (Å²) < 4.78 is 5.61. The molecule has 6 heteroatoms. The standard InChI is InChI=1S/C15H19NO4S/c1-3-12-9-20-10(2)8-16(12)15(19)14-11(6-7-21-14)4-5-13(17)18/h4-7,10,12H,3,8-9H2,1-2H3,(H,17,18). The fourth-order valence-electron chi connectivity index (χ4n) is 2.35. The van der Waals surface area contributed by atoms with E-state index in [1.54, 1.807) is 11.4 Å². The molecule has 114 valence electrons. The topological polar surface area (TPSA) is 66.8 Å². The molecule has 5 nitrogen and oxygen atoms in total. The maximum Gasteiger partial charge on any atom is 0.328 e. The van der Waals surface area contributed by atoms with Crippen molar-refractivity contribution in [1.82, 2.24) is 4.90 Å². The molecule has 1 fully saturated rings. The Morgan fingerprint density at radius 1 is 1.57 bits per heavy atom. The van der Waals surface area contributed by atoms with E-state index in [1.165, 1.54) is 17.4 Å². The summed E-state index contributed by atoms with van der Waals surface area (Å²) in [6, 6.07) is 1.84. The molecule has 0 bridgehead atoms. The van der Waals surface area contributed by atoms with Crippen LogP contribution in [-0.2, 0) is 9.53 Å². The van der Waals surface area contributed by atoms with Gasteiger partial charge in [0.25, 0.3) is 5.91 Å². The SMILES string of the molecule is CCC1COC(C)CN1C(=O)c1sccc1C=CC(=O)O. The number of amides is 1. The minimum atomic E-state index is -1.02. The number of thiophene rings is 1. The minimum absolute atomic E-state index is 0.0229. The van der Waals surface area contributed by atoms with Crippen molar-refractivity contribution < 1.29 is 19.4 Å². The molecule has 1 aromatic rings. The van der Waals surface area contributed by atoms with Crippen LogP contribution in [0.3, 0.4) is 0 Å². The molecule has 0 saturated carbocycles. The van der Waals surface area contributed by atoms with Crippen molar-refractivity contribution >= 4 is 29.3 Å². The first-order chi connectivity index (χ1) is 10.0. The van der Waals surface area contributed by atoms with Gasteiger partial charge >= 0.3 is 5.97 Å². The summed E-state index contributed by atoms with van der Waals surface area (Å²) in [7, 11) is 0. The lowest BCUT2D eigenvalue weighted by atomic mass is 10.1. The summed E-state index contributed by atoms with van der Waals surface area (Å²) in [6.45, 7) is 5.10. The first-order valence-electron chi connectivity index (χ1n) is 6.94. The first-order valence-corrected chi connectivity index (χ1v) is 7.82. The molecule has 0 spiro atoms. The summed E-state index contributed by atoms with van der Waals surface area (Å²) in [6.07, 6.45) is 3.38. The van der Waals surface area contributed by atoms with Crippen LogP contribution >= 0.6 is 11.3 Å². The number of morpholine rings is 1. The molecule has 2 heterocycles. The summed E-state index contributed by atoms with van der Waals surface area (Å²) in [5.74, 6) is -1.07. The van der Waals surface area contributed by atoms with E-state index in [9.17, 15) is 9.59 Å². The van der Waals surface area contributed by atoms with Crippen LogP contribution < -0.4 is 0 Å². The van der Waals surface area contributed by atoms with Gasteiger partial charge in [-0.15, -0.1) is 11.3 Å². The summed E-state index contributed by atoms with van der Waals surface area (Å²) in [4.78, 5) is 25.8. The molecule has 0 radical (unpaired) electrons. The molecule has 21 heavy (non-hydrogen) atoms. The number of rotatable bonds is 4. The van der Waals surface area contributed by atoms with E-state index in [-0.39, 0.29) is 18.1 Å². The van der Waals surface area contributed by atoms with Gasteiger partial charge < -0.3 is 14.7 Å². The van der Waals surface area contributed by atoms with E-state index in [4.69, 9.17) is 9.84 Å². The summed E-state index contributed by atoms with van der Waals surface area (Å²) >= 11 is 1.34. The predicted octanol–water partition coefficient (Wildman–Crippen LogP) is 2.49. The van der Waals surface area contributed by atoms with Gasteiger partial charge in [0.1, 0.15) is 0 Å². The van der Waals surface area contributed by atoms with Crippen LogP contribution in [0, 0.1) is 0 Å². The zero-order valence-corrected chi connectivity index (χ0v) is 12.9. The Labute approximate surface area is 127 Å². The van der Waals surface area contributed by atoms with Crippen LogP contribution in [0.25, 0.3) is 6.08 Å². The van der Waals surface area contributed by atoms with E-state index >= 15 is 0 Å². The van der Waals surface area contributed by atoms with Gasteiger partial charge in [-0.1, -0.05) is 6.92 Å². The van der Waals surface area contributed by atoms with Crippen molar-refractivity contribution in [2.45, 2.75) is 32.4 Å². The number of aliphatic carboxylic acids is 1. The lowest BCUT2D eigenvalue weighted by molar-refractivity contribution is -0.131. The molecule has 1 aliphatic heterocycles. The van der Waals surface area contributed by atoms with Gasteiger partial charge in [0.15, 0.2) is 0 Å². The molecule has 2 rings (SSSR count). The average molecular weight is 309 g/mol. The second kappa shape index (κ2) is 6.87. The highest BCUT2D eigenvalue weighted by Gasteiger charge is 2.31. The highest BCUT2D eigenvalue weighted by atomic mass is 32.1. The molecule has 1 aromatic heterocycles. The van der Waals surface area contributed by atoms with Crippen LogP contribution in [0.15, 0.2) is 17.5 Å². The van der Waals surface area contributed by atoms with Crippen LogP contribution in [0.4, 0.5) is 0 Å². The number of carboxylic acids is 1. The van der Waals surface area contributed by atoms with Gasteiger partial charge in [-0.25, -0.2) is 4.79 Å². The highest BCUT2D eigenvalue weighted by Crippen LogP contribution is 2.24. The zero-order chi connectivity index (χ0) is 15.4. The Bertz CT molecular complexity index is 552. The fourth-order valence-corrected chi connectivity index (χ4v) is 3.19. The molecule has 1 saturated heterocycles. The number of hydrogen-bond acceptors (Lipinski definition) is 4. The lowest BCUT2D eigenvalue weighted by Crippen LogP contribution is -2.51. The molecular weight excluding hydrogens is 290 g/mol. The van der Waals surface area contributed by atoms with Gasteiger partial charge in [-0.3, -0.25) is 4.79 Å². The number of carboxylic acid groups (broad SMARTS) is 1. The third kappa shape index (κ3) is 3.71. The zero-order valence-electron chi connectivity index (χ0n) is 12.1. The van der Waals surface area contributed by atoms with Crippen molar-refractivity contribution in [3.8, 4) is 0 Å². The van der Waals surface area contributed by atoms with E-state index in [0.29, 0.717) is 23.6 Å². The molecule has 1 amide bonds. The Kier molecular flexibility index (Phi) is 5.14. The van der Waals surface area contributed by atoms with Crippen molar-refractivity contribution in [2.75, 3.05) is 13.2 Å². The van der Waals surface area contributed by atoms with Crippen molar-refractivity contribution in [3.05, 3.63) is 28.0 Å². The van der Waals surface area contributed by atoms with Gasteiger partial charge in [0, 0.05) is 12.6 Å². The average Bonchev–Trinajstić information content (AvgIpc) is 2.92. The quantitative estimate of drug-likeness (QED) is 0.868. The highest BCUT2D eigenvalue weighted by molar-refractivity contribution is 7.12. The molecule has 0 aliphatic carbocycles. The smallest absolute Gasteiger partial charge is 0.328 e. The molecule has 2 unspecified atom stereocenters. The third-order valence-electron chi connectivity index (χ3n) is 3.50. The fraction of sp³-hybridized carbons (Fsp3) is 0.467. The molecule has 1 aliphatic rings. The Morgan fingerprint density at radius 3 is 3.00 bits per heavy atom. The van der Waals surface area contributed by atoms with E-state index < -0.39 is 5.97 Å². The molecule has 1 N–H and O–H groups in total. The van der Waals surface area contributed by atoms with Gasteiger partial charge in [0.2, 0.25) is 0 Å². The maximum atomic E-state index is 12.7. The van der Waals surface area contributed by atoms with Crippen LogP contribution in [0.1, 0.15) is 35.5 Å². The summed E-state index contributed by atoms with van der Waals surface area (Å²) in [5, 5.41) is 10.5. The Hall–Kier alpha value is -1.66. The first kappa shape index (κ1) is 15.7. The van der Waals surface area contributed by atoms with E-state index in [1.807, 2.05) is 18.7 Å². The number of carbonyl (C=O) groups is 2. The normalized spacial score (nSPS) is 22.7. The third-order valence-corrected chi connectivity index (χ3v) is 4.41. The molecule has 2 atom stereocenters. The number of hydrogen-bond donors (Lipinski definition) is 1. The Morgan fingerprint density at radius 2 is 2.33 bits per heavy atom. The van der Waals surface area contributed by atoms with Crippen molar-refractivity contribution in [1.29, 1.82) is 0 Å². The Balaban J connectivity index is 2.22. The van der Waals surface area contributed by atoms with Crippen molar-refractivity contribution in [3.63, 3.8) is 0 Å². The molecular formula is C15H19NO4S. The lowest BCUT2D eigenvalue weighted by Gasteiger charge is -2.38. The van der Waals surface area contributed by atoms with Crippen LogP contribution in [0.2, 0.25) is 0 Å². The van der Waals surface area contributed by atoms with Gasteiger partial charge in [-0.05, 0) is 36.4 Å². The van der Waals surface area contributed by atoms with Crippen LogP contribution in [-0.4, -0.2) is 47.2 Å². The number of carbonyl (C=O) groups excluding carboxylic acids is 1. The van der Waals surface area contributed by atoms with Crippen LogP contribution in [0.5, 0.6) is 0 Å². The van der Waals surface area contributed by atoms with Crippen molar-refractivity contribution in [2.24, 2.45) is 0 Å². The largest absolute Gasteiger partial charge is 0.478 e. The van der Waals surface area contributed by atoms with E-state index in [0.717, 1.165) is 12.5 Å². The number of ether oxygens (including phenoxy) is 1. The molecule has 0 aromatic carbocycles. The second-order valence-electron chi connectivity index (χ2n) is 5.04. The van der Waals surface area contributed by atoms with E-state index in [2.05, 4.69) is 0 Å². The minimum Gasteiger partial charge on any atom is -0.478 e. The van der Waals surface area contributed by atoms with Gasteiger partial charge in [-0.2, -0.15) is 0 Å². The monoisotopic (exact) mass is 309 g/mol. The maximum absolute atomic E-state index is 12.7.